The molecule has 3 aliphatic rings. The summed E-state index contributed by atoms with van der Waals surface area (Å²) in [6.07, 6.45) is 0. The van der Waals surface area contributed by atoms with E-state index in [-0.39, 0.29) is 0 Å². The van der Waals surface area contributed by atoms with Gasteiger partial charge >= 0.3 is 0 Å². The molecule has 0 radical (unpaired) electrons. The van der Waals surface area contributed by atoms with Crippen LogP contribution in [0, 0.1) is 65.1 Å². The van der Waals surface area contributed by atoms with Crippen LogP contribution in [0.5, 0.6) is 0 Å². The highest BCUT2D eigenvalue weighted by atomic mass is 14.5. The summed E-state index contributed by atoms with van der Waals surface area (Å²) in [5, 5.41) is 0. The zero-order chi connectivity index (χ0) is 29.1. The normalized spacial score (nSPS) is 38.8. The van der Waals surface area contributed by atoms with Crippen LogP contribution in [0.4, 0.5) is 0 Å². The summed E-state index contributed by atoms with van der Waals surface area (Å²) >= 11 is 0. The number of rotatable bonds is 4. The molecule has 0 aromatic heterocycles. The Morgan fingerprint density at radius 1 is 0.474 bits per heavy atom. The van der Waals surface area contributed by atoms with E-state index in [0.717, 1.165) is 35.5 Å². The van der Waals surface area contributed by atoms with Crippen LogP contribution < -0.4 is 0 Å². The summed E-state index contributed by atoms with van der Waals surface area (Å²) in [5.41, 5.74) is 15.9. The predicted molar refractivity (Wildman–Crippen MR) is 170 cm³/mol. The number of allylic oxidation sites excluding steroid dienone is 10. The molecule has 6 unspecified atom stereocenters. The lowest BCUT2D eigenvalue weighted by atomic mass is 9.54. The molecule has 1 fully saturated rings. The third-order valence-corrected chi connectivity index (χ3v) is 13.6. The molecule has 0 saturated heterocycles. The lowest BCUT2D eigenvalue weighted by Gasteiger charge is -2.51. The molecule has 0 nitrogen and oxygen atoms in total. The Labute approximate surface area is 238 Å². The highest BCUT2D eigenvalue weighted by Gasteiger charge is 2.46. The van der Waals surface area contributed by atoms with Crippen LogP contribution in [0.1, 0.15) is 118 Å². The van der Waals surface area contributed by atoms with Gasteiger partial charge in [-0.2, -0.15) is 0 Å². The molecule has 0 spiro atoms. The van der Waals surface area contributed by atoms with Crippen LogP contribution in [-0.2, 0) is 0 Å². The molecule has 3 aliphatic carbocycles. The maximum atomic E-state index is 2.61. The van der Waals surface area contributed by atoms with E-state index in [2.05, 4.69) is 118 Å². The van der Waals surface area contributed by atoms with E-state index >= 15 is 0 Å². The SMILES string of the molecule is CC1=C(C)C(C)C(C)=C(C)C1=C(C1=C(C)[C@@H](C)C(C)=C(C)[C@@H]1C)C(C)C(C)C1C(C)C(C)C(C)C(C)C1C. The van der Waals surface area contributed by atoms with Gasteiger partial charge in [-0.1, -0.05) is 97.1 Å². The minimum atomic E-state index is 0.475. The quantitative estimate of drug-likeness (QED) is 0.325. The van der Waals surface area contributed by atoms with Crippen molar-refractivity contribution in [1.82, 2.24) is 0 Å². The second kappa shape index (κ2) is 11.3. The van der Waals surface area contributed by atoms with Gasteiger partial charge in [-0.3, -0.25) is 0 Å². The summed E-state index contributed by atoms with van der Waals surface area (Å²) < 4.78 is 0. The standard InChI is InChI=1S/C38H62/c1-18-21(4)27(10)35(28(11)22(18)5)33(16)34(17)38(36-29(12)23(6)19(2)24(7)30(36)13)37-31(14)25(8)20(3)26(9)32(37)15/h18-19,21-22,25,27-28,32-35H,1-17H3/t18?,19?,21?,22?,25-,27?,28?,32-,33?,34?,35?/m0/s1. The lowest BCUT2D eigenvalue weighted by molar-refractivity contribution is -0.0164. The average Bonchev–Trinajstić information content (AvgIpc) is 2.89. The van der Waals surface area contributed by atoms with Crippen LogP contribution in [-0.4, -0.2) is 0 Å². The van der Waals surface area contributed by atoms with Gasteiger partial charge in [0.05, 0.1) is 0 Å². The fourth-order valence-corrected chi connectivity index (χ4v) is 9.08. The van der Waals surface area contributed by atoms with Gasteiger partial charge in [0.15, 0.2) is 0 Å². The molecule has 1 saturated carbocycles. The Bertz CT molecular complexity index is 1050. The van der Waals surface area contributed by atoms with E-state index in [1.54, 1.807) is 55.7 Å². The Morgan fingerprint density at radius 2 is 0.842 bits per heavy atom. The van der Waals surface area contributed by atoms with Gasteiger partial charge < -0.3 is 0 Å². The topological polar surface area (TPSA) is 0 Å². The van der Waals surface area contributed by atoms with E-state index in [4.69, 9.17) is 0 Å². The van der Waals surface area contributed by atoms with Gasteiger partial charge in [-0.25, -0.2) is 0 Å². The molecule has 214 valence electrons. The molecular formula is C38H62. The molecule has 0 N–H and O–H groups in total. The second-order valence-corrected chi connectivity index (χ2v) is 14.6. The summed E-state index contributed by atoms with van der Waals surface area (Å²) in [6.45, 7) is 42.1. The summed E-state index contributed by atoms with van der Waals surface area (Å²) in [7, 11) is 0. The third kappa shape index (κ3) is 4.79. The van der Waals surface area contributed by atoms with Gasteiger partial charge in [-0.15, -0.1) is 0 Å². The minimum absolute atomic E-state index is 0.475. The molecule has 0 heteroatoms. The van der Waals surface area contributed by atoms with Crippen LogP contribution in [0.3, 0.4) is 0 Å². The number of hydrogen-bond donors (Lipinski definition) is 0. The molecule has 0 amide bonds. The first-order chi connectivity index (χ1) is 17.5. The Kier molecular flexibility index (Phi) is 9.28. The highest BCUT2D eigenvalue weighted by molar-refractivity contribution is 5.63. The third-order valence-electron chi connectivity index (χ3n) is 13.6. The Balaban J connectivity index is 2.32. The Morgan fingerprint density at radius 3 is 1.29 bits per heavy atom. The van der Waals surface area contributed by atoms with Crippen LogP contribution >= 0.6 is 0 Å². The molecular weight excluding hydrogens is 456 g/mol. The largest absolute Gasteiger partial charge is 0.0669 e. The zero-order valence-electron chi connectivity index (χ0n) is 28.4. The molecule has 0 bridgehead atoms. The summed E-state index contributed by atoms with van der Waals surface area (Å²) in [5.74, 6) is 7.30. The van der Waals surface area contributed by atoms with Crippen LogP contribution in [0.2, 0.25) is 0 Å². The molecule has 0 heterocycles. The van der Waals surface area contributed by atoms with E-state index < -0.39 is 0 Å². The van der Waals surface area contributed by atoms with Crippen molar-refractivity contribution in [3.63, 3.8) is 0 Å². The molecule has 3 rings (SSSR count). The molecule has 0 aliphatic heterocycles. The molecule has 8 atom stereocenters. The predicted octanol–water partition coefficient (Wildman–Crippen LogP) is 11.6. The summed E-state index contributed by atoms with van der Waals surface area (Å²) in [4.78, 5) is 0. The van der Waals surface area contributed by atoms with Crippen LogP contribution in [0.15, 0.2) is 55.7 Å². The van der Waals surface area contributed by atoms with Crippen LogP contribution in [0.25, 0.3) is 0 Å². The fourth-order valence-electron chi connectivity index (χ4n) is 9.08. The highest BCUT2D eigenvalue weighted by Crippen LogP contribution is 2.54. The first kappa shape index (κ1) is 31.2. The van der Waals surface area contributed by atoms with Crippen molar-refractivity contribution in [3.8, 4) is 0 Å². The number of hydrogen-bond acceptors (Lipinski definition) is 0. The van der Waals surface area contributed by atoms with Crippen molar-refractivity contribution in [1.29, 1.82) is 0 Å². The molecule has 38 heavy (non-hydrogen) atoms. The van der Waals surface area contributed by atoms with Crippen molar-refractivity contribution in [2.45, 2.75) is 118 Å². The summed E-state index contributed by atoms with van der Waals surface area (Å²) in [6, 6.07) is 0. The van der Waals surface area contributed by atoms with E-state index in [1.165, 1.54) is 0 Å². The first-order valence-corrected chi connectivity index (χ1v) is 16.0. The smallest absolute Gasteiger partial charge is 0.00225 e. The van der Waals surface area contributed by atoms with Gasteiger partial charge in [0.2, 0.25) is 0 Å². The van der Waals surface area contributed by atoms with Gasteiger partial charge in [-0.05, 0) is 136 Å². The van der Waals surface area contributed by atoms with E-state index in [9.17, 15) is 0 Å². The second-order valence-electron chi connectivity index (χ2n) is 14.6. The maximum Gasteiger partial charge on any atom is 0.00225 e. The average molecular weight is 519 g/mol. The van der Waals surface area contributed by atoms with Gasteiger partial charge in [0, 0.05) is 5.92 Å². The fraction of sp³-hybridized carbons (Fsp3) is 0.737. The minimum Gasteiger partial charge on any atom is -0.0669 e. The van der Waals surface area contributed by atoms with Gasteiger partial charge in [0.1, 0.15) is 0 Å². The van der Waals surface area contributed by atoms with Crippen molar-refractivity contribution in [2.75, 3.05) is 0 Å². The van der Waals surface area contributed by atoms with Crippen molar-refractivity contribution < 1.29 is 0 Å². The molecule has 0 aromatic rings. The maximum absolute atomic E-state index is 2.61. The van der Waals surface area contributed by atoms with E-state index in [0.29, 0.717) is 29.6 Å². The lowest BCUT2D eigenvalue weighted by Crippen LogP contribution is -2.45. The van der Waals surface area contributed by atoms with Crippen molar-refractivity contribution in [3.05, 3.63) is 55.7 Å². The van der Waals surface area contributed by atoms with Crippen molar-refractivity contribution >= 4 is 0 Å². The Hall–Kier alpha value is -1.30. The molecule has 0 aromatic carbocycles. The van der Waals surface area contributed by atoms with Crippen molar-refractivity contribution in [2.24, 2.45) is 65.1 Å². The van der Waals surface area contributed by atoms with Gasteiger partial charge in [0.25, 0.3) is 0 Å². The van der Waals surface area contributed by atoms with E-state index in [1.807, 2.05) is 0 Å². The monoisotopic (exact) mass is 518 g/mol. The first-order valence-electron chi connectivity index (χ1n) is 16.0. The zero-order valence-corrected chi connectivity index (χ0v) is 28.4.